The molecule has 1 heterocycles. The van der Waals surface area contributed by atoms with Crippen molar-refractivity contribution in [3.8, 4) is 0 Å². The van der Waals surface area contributed by atoms with Crippen molar-refractivity contribution in [3.05, 3.63) is 24.3 Å². The van der Waals surface area contributed by atoms with E-state index in [-0.39, 0.29) is 11.0 Å². The molecular formula is C20H38N2. The molecule has 1 aliphatic heterocycles. The maximum Gasteiger partial charge on any atom is 0.0368 e. The quantitative estimate of drug-likeness (QED) is 0.662. The van der Waals surface area contributed by atoms with Crippen LogP contribution in [0.4, 0.5) is 0 Å². The van der Waals surface area contributed by atoms with Crippen LogP contribution in [0.2, 0.25) is 0 Å². The highest BCUT2D eigenvalue weighted by Crippen LogP contribution is 2.42. The van der Waals surface area contributed by atoms with Crippen LogP contribution in [0.5, 0.6) is 0 Å². The van der Waals surface area contributed by atoms with Crippen molar-refractivity contribution in [3.63, 3.8) is 0 Å². The molecule has 1 atom stereocenters. The third kappa shape index (κ3) is 4.02. The molecule has 2 nitrogen and oxygen atoms in total. The van der Waals surface area contributed by atoms with Gasteiger partial charge in [0.2, 0.25) is 0 Å². The molecule has 2 heteroatoms. The highest BCUT2D eigenvalue weighted by Gasteiger charge is 2.40. The van der Waals surface area contributed by atoms with E-state index in [4.69, 9.17) is 0 Å². The van der Waals surface area contributed by atoms with Crippen molar-refractivity contribution in [2.75, 3.05) is 26.2 Å². The van der Waals surface area contributed by atoms with Crippen molar-refractivity contribution in [2.45, 2.75) is 67.0 Å². The summed E-state index contributed by atoms with van der Waals surface area (Å²) in [4.78, 5) is 5.20. The Morgan fingerprint density at radius 1 is 1.00 bits per heavy atom. The van der Waals surface area contributed by atoms with Crippen LogP contribution in [0.1, 0.15) is 55.4 Å². The van der Waals surface area contributed by atoms with Gasteiger partial charge < -0.3 is 0 Å². The van der Waals surface area contributed by atoms with Crippen molar-refractivity contribution >= 4 is 0 Å². The van der Waals surface area contributed by atoms with E-state index in [0.717, 1.165) is 13.1 Å². The molecule has 0 radical (unpaired) electrons. The second kappa shape index (κ2) is 7.31. The van der Waals surface area contributed by atoms with Crippen LogP contribution in [0.25, 0.3) is 0 Å². The molecule has 1 rings (SSSR count). The topological polar surface area (TPSA) is 6.48 Å². The zero-order valence-corrected chi connectivity index (χ0v) is 16.2. The van der Waals surface area contributed by atoms with E-state index in [0.29, 0.717) is 12.0 Å². The molecule has 128 valence electrons. The molecular weight excluding hydrogens is 268 g/mol. The molecule has 0 bridgehead atoms. The van der Waals surface area contributed by atoms with Gasteiger partial charge in [0.25, 0.3) is 0 Å². The van der Waals surface area contributed by atoms with Gasteiger partial charge in [-0.25, -0.2) is 0 Å². The van der Waals surface area contributed by atoms with Gasteiger partial charge in [-0.15, -0.1) is 0 Å². The normalized spacial score (nSPS) is 20.8. The summed E-state index contributed by atoms with van der Waals surface area (Å²) < 4.78 is 0. The van der Waals surface area contributed by atoms with Gasteiger partial charge in [0.05, 0.1) is 0 Å². The predicted molar refractivity (Wildman–Crippen MR) is 99.3 cm³/mol. The first kappa shape index (κ1) is 19.4. The van der Waals surface area contributed by atoms with Gasteiger partial charge in [-0.1, -0.05) is 45.1 Å². The fourth-order valence-corrected chi connectivity index (χ4v) is 3.58. The molecule has 0 aromatic carbocycles. The lowest BCUT2D eigenvalue weighted by Gasteiger charge is -2.50. The van der Waals surface area contributed by atoms with Crippen molar-refractivity contribution in [1.82, 2.24) is 9.80 Å². The lowest BCUT2D eigenvalue weighted by atomic mass is 9.67. The minimum absolute atomic E-state index is 0.0441. The van der Waals surface area contributed by atoms with E-state index < -0.39 is 0 Å². The van der Waals surface area contributed by atoms with Gasteiger partial charge in [0.1, 0.15) is 0 Å². The van der Waals surface area contributed by atoms with Crippen LogP contribution in [0.3, 0.4) is 0 Å². The van der Waals surface area contributed by atoms with Gasteiger partial charge >= 0.3 is 0 Å². The summed E-state index contributed by atoms with van der Waals surface area (Å²) in [6.45, 7) is 27.5. The molecule has 0 aliphatic carbocycles. The van der Waals surface area contributed by atoms with E-state index in [2.05, 4.69) is 83.9 Å². The highest BCUT2D eigenvalue weighted by molar-refractivity contribution is 5.24. The van der Waals surface area contributed by atoms with Gasteiger partial charge in [-0.3, -0.25) is 9.80 Å². The van der Waals surface area contributed by atoms with Gasteiger partial charge in [0, 0.05) is 37.8 Å². The summed E-state index contributed by atoms with van der Waals surface area (Å²) in [5.41, 5.74) is 1.50. The minimum atomic E-state index is 0.0441. The summed E-state index contributed by atoms with van der Waals surface area (Å²) in [7, 11) is 0. The number of nitrogens with zero attached hydrogens (tertiary/aromatic N) is 2. The van der Waals surface area contributed by atoms with E-state index >= 15 is 0 Å². The second-order valence-electron chi connectivity index (χ2n) is 8.19. The highest BCUT2D eigenvalue weighted by atomic mass is 15.3. The molecule has 0 spiro atoms. The van der Waals surface area contributed by atoms with Crippen LogP contribution >= 0.6 is 0 Å². The lowest BCUT2D eigenvalue weighted by Crippen LogP contribution is -2.57. The molecule has 1 saturated heterocycles. The molecule has 1 unspecified atom stereocenters. The maximum atomic E-state index is 4.54. The fourth-order valence-electron chi connectivity index (χ4n) is 3.58. The molecule has 1 fully saturated rings. The molecule has 0 saturated carbocycles. The Kier molecular flexibility index (Phi) is 6.46. The summed E-state index contributed by atoms with van der Waals surface area (Å²) in [5.74, 6) is 0.501. The van der Waals surface area contributed by atoms with Crippen molar-refractivity contribution < 1.29 is 0 Å². The zero-order chi connectivity index (χ0) is 17.1. The van der Waals surface area contributed by atoms with Gasteiger partial charge in [0.15, 0.2) is 0 Å². The number of rotatable bonds is 6. The zero-order valence-electron chi connectivity index (χ0n) is 16.2. The minimum Gasteiger partial charge on any atom is -0.298 e. The number of hydrogen-bond donors (Lipinski definition) is 0. The van der Waals surface area contributed by atoms with Crippen LogP contribution in [-0.4, -0.2) is 47.6 Å². The number of piperazine rings is 1. The van der Waals surface area contributed by atoms with E-state index in [9.17, 15) is 0 Å². The Labute approximate surface area is 139 Å². The lowest BCUT2D eigenvalue weighted by molar-refractivity contribution is 0.0456. The van der Waals surface area contributed by atoms with E-state index in [1.807, 2.05) is 0 Å². The van der Waals surface area contributed by atoms with Crippen molar-refractivity contribution in [1.29, 1.82) is 0 Å². The van der Waals surface area contributed by atoms with Gasteiger partial charge in [-0.2, -0.15) is 0 Å². The molecule has 0 amide bonds. The fraction of sp³-hybridized carbons (Fsp3) is 0.800. The Hall–Kier alpha value is -0.600. The summed E-state index contributed by atoms with van der Waals surface area (Å²) in [6, 6.07) is 0.652. The predicted octanol–water partition coefficient (Wildman–Crippen LogP) is 4.59. The third-order valence-electron chi connectivity index (χ3n) is 5.97. The first-order valence-corrected chi connectivity index (χ1v) is 8.87. The second-order valence-corrected chi connectivity index (χ2v) is 8.19. The van der Waals surface area contributed by atoms with Crippen LogP contribution < -0.4 is 0 Å². The molecule has 0 aromatic heterocycles. The SMILES string of the molecule is C=C(C(C)(C)C(C)C=CC)C(C)(C)N1CCN(C(C)C)CC1. The molecule has 0 aromatic rings. The summed E-state index contributed by atoms with van der Waals surface area (Å²) in [5, 5.41) is 0. The first-order valence-electron chi connectivity index (χ1n) is 8.87. The Morgan fingerprint density at radius 2 is 1.50 bits per heavy atom. The first-order chi connectivity index (χ1) is 10.0. The smallest absolute Gasteiger partial charge is 0.0368 e. The standard InChI is InChI=1S/C20H38N2/c1-10-11-17(4)19(6,7)18(5)20(8,9)22-14-12-21(13-15-22)16(2)3/h10-11,16-17H,5,12-15H2,1-4,6-9H3. The maximum absolute atomic E-state index is 4.54. The van der Waals surface area contributed by atoms with Crippen LogP contribution in [0, 0.1) is 11.3 Å². The van der Waals surface area contributed by atoms with E-state index in [1.165, 1.54) is 18.7 Å². The summed E-state index contributed by atoms with van der Waals surface area (Å²) in [6.07, 6.45) is 4.46. The average molecular weight is 307 g/mol. The molecule has 0 N–H and O–H groups in total. The van der Waals surface area contributed by atoms with Crippen molar-refractivity contribution in [2.24, 2.45) is 11.3 Å². The number of allylic oxidation sites excluding steroid dienone is 2. The third-order valence-corrected chi connectivity index (χ3v) is 5.97. The summed E-state index contributed by atoms with van der Waals surface area (Å²) >= 11 is 0. The van der Waals surface area contributed by atoms with Gasteiger partial charge in [-0.05, 0) is 46.0 Å². The monoisotopic (exact) mass is 306 g/mol. The van der Waals surface area contributed by atoms with Crippen LogP contribution in [0.15, 0.2) is 24.3 Å². The molecule has 22 heavy (non-hydrogen) atoms. The largest absolute Gasteiger partial charge is 0.298 e. The van der Waals surface area contributed by atoms with E-state index in [1.54, 1.807) is 0 Å². The average Bonchev–Trinajstić information content (AvgIpc) is 2.46. The van der Waals surface area contributed by atoms with Crippen LogP contribution in [-0.2, 0) is 0 Å². The Morgan fingerprint density at radius 3 is 1.91 bits per heavy atom. The molecule has 1 aliphatic rings. The number of hydrogen-bond acceptors (Lipinski definition) is 2. The Bertz CT molecular complexity index is 396. The Balaban J connectivity index is 2.83.